The molecule has 0 fully saturated rings. The van der Waals surface area contributed by atoms with E-state index in [0.717, 1.165) is 9.35 Å². The molecule has 2 aromatic rings. The lowest BCUT2D eigenvalue weighted by atomic mass is 10.1. The summed E-state index contributed by atoms with van der Waals surface area (Å²) in [6, 6.07) is 9.16. The Bertz CT molecular complexity index is 508. The molecular formula is C12H8BrClOS. The summed E-state index contributed by atoms with van der Waals surface area (Å²) in [6.07, 6.45) is 0.450. The van der Waals surface area contributed by atoms with Gasteiger partial charge in [0, 0.05) is 21.3 Å². The van der Waals surface area contributed by atoms with Gasteiger partial charge in [-0.1, -0.05) is 17.7 Å². The van der Waals surface area contributed by atoms with Crippen molar-refractivity contribution in [1.29, 1.82) is 0 Å². The summed E-state index contributed by atoms with van der Waals surface area (Å²) in [6.45, 7) is 0. The molecule has 0 aliphatic rings. The van der Waals surface area contributed by atoms with E-state index in [1.807, 2.05) is 17.5 Å². The number of ketones is 1. The van der Waals surface area contributed by atoms with E-state index in [1.54, 1.807) is 29.5 Å². The number of carbonyl (C=O) groups excluding carboxylic acids is 1. The number of thiophene rings is 1. The summed E-state index contributed by atoms with van der Waals surface area (Å²) in [7, 11) is 0. The molecule has 0 aliphatic carbocycles. The summed E-state index contributed by atoms with van der Waals surface area (Å²) in [5.41, 5.74) is 0.685. The average molecular weight is 316 g/mol. The Labute approximate surface area is 111 Å². The number of hydrogen-bond acceptors (Lipinski definition) is 2. The fraction of sp³-hybridized carbons (Fsp3) is 0.0833. The predicted octanol–water partition coefficient (Wildman–Crippen LogP) is 4.59. The van der Waals surface area contributed by atoms with Crippen molar-refractivity contribution in [2.75, 3.05) is 0 Å². The second kappa shape index (κ2) is 5.13. The van der Waals surface area contributed by atoms with Crippen LogP contribution in [0.4, 0.5) is 0 Å². The molecular weight excluding hydrogens is 308 g/mol. The van der Waals surface area contributed by atoms with Crippen LogP contribution in [-0.2, 0) is 6.42 Å². The molecule has 0 amide bonds. The lowest BCUT2D eigenvalue weighted by Crippen LogP contribution is -2.01. The molecule has 0 atom stereocenters. The molecule has 82 valence electrons. The molecule has 1 nitrogen and oxygen atoms in total. The Hall–Kier alpha value is -0.640. The fourth-order valence-electron chi connectivity index (χ4n) is 1.34. The van der Waals surface area contributed by atoms with Crippen LogP contribution in [0.25, 0.3) is 0 Å². The minimum atomic E-state index is 0.111. The van der Waals surface area contributed by atoms with E-state index in [-0.39, 0.29) is 5.78 Å². The Morgan fingerprint density at radius 2 is 2.19 bits per heavy atom. The van der Waals surface area contributed by atoms with Crippen molar-refractivity contribution >= 4 is 44.7 Å². The first kappa shape index (κ1) is 11.8. The molecule has 0 aliphatic heterocycles. The zero-order chi connectivity index (χ0) is 11.5. The maximum atomic E-state index is 11.9. The second-order valence-corrected chi connectivity index (χ2v) is 5.60. The topological polar surface area (TPSA) is 17.1 Å². The van der Waals surface area contributed by atoms with Crippen LogP contribution in [0.2, 0.25) is 5.02 Å². The zero-order valence-electron chi connectivity index (χ0n) is 8.24. The number of Topliss-reactive ketones (excluding diaryl/α,β-unsaturated/α-hetero) is 1. The summed E-state index contributed by atoms with van der Waals surface area (Å²) < 4.78 is 0.756. The van der Waals surface area contributed by atoms with Crippen molar-refractivity contribution < 1.29 is 4.79 Å². The molecule has 1 aromatic carbocycles. The maximum absolute atomic E-state index is 11.9. The van der Waals surface area contributed by atoms with Crippen LogP contribution in [0.5, 0.6) is 0 Å². The number of hydrogen-bond donors (Lipinski definition) is 0. The van der Waals surface area contributed by atoms with Crippen LogP contribution in [0, 0.1) is 0 Å². The molecule has 0 unspecified atom stereocenters. The van der Waals surface area contributed by atoms with Crippen LogP contribution in [-0.4, -0.2) is 5.78 Å². The molecule has 4 heteroatoms. The molecule has 0 N–H and O–H groups in total. The van der Waals surface area contributed by atoms with Crippen molar-refractivity contribution in [3.63, 3.8) is 0 Å². The Morgan fingerprint density at radius 3 is 2.81 bits per heavy atom. The van der Waals surface area contributed by atoms with Gasteiger partial charge in [-0.25, -0.2) is 0 Å². The van der Waals surface area contributed by atoms with Crippen molar-refractivity contribution in [3.8, 4) is 0 Å². The highest BCUT2D eigenvalue weighted by atomic mass is 79.9. The van der Waals surface area contributed by atoms with E-state index in [2.05, 4.69) is 15.9 Å². The van der Waals surface area contributed by atoms with Gasteiger partial charge in [-0.15, -0.1) is 11.3 Å². The van der Waals surface area contributed by atoms with E-state index in [0.29, 0.717) is 17.0 Å². The van der Waals surface area contributed by atoms with E-state index in [1.165, 1.54) is 0 Å². The number of carbonyl (C=O) groups is 1. The first-order valence-corrected chi connectivity index (χ1v) is 6.72. The average Bonchev–Trinajstić information content (AvgIpc) is 2.74. The van der Waals surface area contributed by atoms with Gasteiger partial charge < -0.3 is 0 Å². The predicted molar refractivity (Wildman–Crippen MR) is 71.5 cm³/mol. The highest BCUT2D eigenvalue weighted by Crippen LogP contribution is 2.24. The van der Waals surface area contributed by atoms with Gasteiger partial charge in [0.1, 0.15) is 0 Å². The van der Waals surface area contributed by atoms with Crippen LogP contribution in [0.1, 0.15) is 15.2 Å². The zero-order valence-corrected chi connectivity index (χ0v) is 11.4. The molecule has 0 radical (unpaired) electrons. The Balaban J connectivity index is 2.18. The summed E-state index contributed by atoms with van der Waals surface area (Å²) in [4.78, 5) is 13.0. The first-order chi connectivity index (χ1) is 7.66. The lowest BCUT2D eigenvalue weighted by Gasteiger charge is -2.01. The summed E-state index contributed by atoms with van der Waals surface area (Å²) in [5.74, 6) is 0.111. The van der Waals surface area contributed by atoms with Gasteiger partial charge >= 0.3 is 0 Å². The van der Waals surface area contributed by atoms with E-state index in [4.69, 9.17) is 11.6 Å². The van der Waals surface area contributed by atoms with Gasteiger partial charge in [-0.2, -0.15) is 0 Å². The quantitative estimate of drug-likeness (QED) is 0.757. The molecule has 0 spiro atoms. The maximum Gasteiger partial charge on any atom is 0.168 e. The normalized spacial score (nSPS) is 10.4. The first-order valence-electron chi connectivity index (χ1n) is 4.67. The van der Waals surface area contributed by atoms with Gasteiger partial charge in [0.15, 0.2) is 5.78 Å². The molecule has 2 rings (SSSR count). The fourth-order valence-corrected chi connectivity index (χ4v) is 2.54. The molecule has 16 heavy (non-hydrogen) atoms. The van der Waals surface area contributed by atoms with Crippen LogP contribution in [0.15, 0.2) is 40.2 Å². The van der Waals surface area contributed by atoms with E-state index < -0.39 is 0 Å². The highest BCUT2D eigenvalue weighted by Gasteiger charge is 2.09. The van der Waals surface area contributed by atoms with Crippen LogP contribution < -0.4 is 0 Å². The van der Waals surface area contributed by atoms with E-state index in [9.17, 15) is 4.79 Å². The Kier molecular flexibility index (Phi) is 3.79. The molecule has 0 bridgehead atoms. The van der Waals surface area contributed by atoms with Gasteiger partial charge in [0.25, 0.3) is 0 Å². The third kappa shape index (κ3) is 2.73. The van der Waals surface area contributed by atoms with Gasteiger partial charge in [-0.05, 0) is 45.6 Å². The summed E-state index contributed by atoms with van der Waals surface area (Å²) >= 11 is 10.8. The van der Waals surface area contributed by atoms with Crippen LogP contribution in [0.3, 0.4) is 0 Å². The van der Waals surface area contributed by atoms with Crippen molar-refractivity contribution in [2.24, 2.45) is 0 Å². The third-order valence-electron chi connectivity index (χ3n) is 2.16. The standard InChI is InChI=1S/C12H8BrClOS/c13-10-6-8(3-4-11(10)14)12(15)7-9-2-1-5-16-9/h1-6H,7H2. The number of rotatable bonds is 3. The van der Waals surface area contributed by atoms with E-state index >= 15 is 0 Å². The van der Waals surface area contributed by atoms with Crippen molar-refractivity contribution in [1.82, 2.24) is 0 Å². The van der Waals surface area contributed by atoms with Crippen molar-refractivity contribution in [3.05, 3.63) is 55.6 Å². The number of halogens is 2. The minimum Gasteiger partial charge on any atom is -0.294 e. The van der Waals surface area contributed by atoms with Crippen LogP contribution >= 0.6 is 38.9 Å². The smallest absolute Gasteiger partial charge is 0.168 e. The van der Waals surface area contributed by atoms with Gasteiger partial charge in [0.2, 0.25) is 0 Å². The third-order valence-corrected chi connectivity index (χ3v) is 4.25. The molecule has 0 saturated carbocycles. The van der Waals surface area contributed by atoms with Crippen molar-refractivity contribution in [2.45, 2.75) is 6.42 Å². The highest BCUT2D eigenvalue weighted by molar-refractivity contribution is 9.10. The monoisotopic (exact) mass is 314 g/mol. The lowest BCUT2D eigenvalue weighted by molar-refractivity contribution is 0.0994. The van der Waals surface area contributed by atoms with Gasteiger partial charge in [0.05, 0.1) is 5.02 Å². The van der Waals surface area contributed by atoms with Gasteiger partial charge in [-0.3, -0.25) is 4.79 Å². The number of benzene rings is 1. The molecule has 1 aromatic heterocycles. The Morgan fingerprint density at radius 1 is 1.38 bits per heavy atom. The SMILES string of the molecule is O=C(Cc1cccs1)c1ccc(Cl)c(Br)c1. The largest absolute Gasteiger partial charge is 0.294 e. The minimum absolute atomic E-state index is 0.111. The molecule has 0 saturated heterocycles. The summed E-state index contributed by atoms with van der Waals surface area (Å²) in [5, 5.41) is 2.59. The second-order valence-electron chi connectivity index (χ2n) is 3.31. The molecule has 1 heterocycles.